The highest BCUT2D eigenvalue weighted by atomic mass is 19.4. The van der Waals surface area contributed by atoms with Gasteiger partial charge in [0.1, 0.15) is 5.84 Å². The first-order valence-corrected chi connectivity index (χ1v) is 13.3. The number of hydrogen-bond acceptors (Lipinski definition) is 4. The lowest BCUT2D eigenvalue weighted by molar-refractivity contribution is -0.135. The molecule has 1 aromatic rings. The summed E-state index contributed by atoms with van der Waals surface area (Å²) in [5, 5.41) is 19.2. The third-order valence-corrected chi connectivity index (χ3v) is 6.12. The molecule has 0 aliphatic heterocycles. The van der Waals surface area contributed by atoms with E-state index in [1.807, 2.05) is 39.8 Å². The highest BCUT2D eigenvalue weighted by molar-refractivity contribution is 6.07. The van der Waals surface area contributed by atoms with Crippen molar-refractivity contribution in [1.82, 2.24) is 10.2 Å². The highest BCUT2D eigenvalue weighted by Crippen LogP contribution is 2.27. The van der Waals surface area contributed by atoms with Crippen LogP contribution in [0.3, 0.4) is 0 Å². The largest absolute Gasteiger partial charge is 0.402 e. The van der Waals surface area contributed by atoms with Crippen molar-refractivity contribution in [2.75, 3.05) is 13.1 Å². The standard InChI is InChI=1S/C24H34F3N5O.2C2H6/c1-4-16(3)17-6-8-18(9-7-17)22(30)32(12-11-24(25,26)27)23(33)31-14-21(29)19-10-5-15(2)13-20(19)28;2*1-2/h6-9,15-16,29-30H,4-5,10-14,28H2,1-3H3,(H,31,33);2*1-2H3. The first-order chi connectivity index (χ1) is 17.4. The Morgan fingerprint density at radius 1 is 1.16 bits per heavy atom. The summed E-state index contributed by atoms with van der Waals surface area (Å²) < 4.78 is 38.6. The topological polar surface area (TPSA) is 106 Å². The lowest BCUT2D eigenvalue weighted by atomic mass is 9.86. The molecule has 210 valence electrons. The van der Waals surface area contributed by atoms with Gasteiger partial charge in [-0.25, -0.2) is 4.79 Å². The minimum absolute atomic E-state index is 0.146. The number of amides is 2. The molecule has 37 heavy (non-hydrogen) atoms. The lowest BCUT2D eigenvalue weighted by Crippen LogP contribution is -2.46. The van der Waals surface area contributed by atoms with Crippen molar-refractivity contribution in [1.29, 1.82) is 10.8 Å². The van der Waals surface area contributed by atoms with Crippen LogP contribution < -0.4 is 11.1 Å². The van der Waals surface area contributed by atoms with Gasteiger partial charge in [0, 0.05) is 17.8 Å². The van der Waals surface area contributed by atoms with Gasteiger partial charge in [0.05, 0.1) is 18.7 Å². The van der Waals surface area contributed by atoms with E-state index in [4.69, 9.17) is 16.6 Å². The summed E-state index contributed by atoms with van der Waals surface area (Å²) in [6.07, 6.45) is -2.56. The molecule has 9 heteroatoms. The predicted octanol–water partition coefficient (Wildman–Crippen LogP) is 7.59. The van der Waals surface area contributed by atoms with Gasteiger partial charge in [-0.1, -0.05) is 72.7 Å². The molecule has 2 amide bonds. The predicted molar refractivity (Wildman–Crippen MR) is 147 cm³/mol. The highest BCUT2D eigenvalue weighted by Gasteiger charge is 2.31. The average molecular weight is 526 g/mol. The maximum absolute atomic E-state index is 12.9. The van der Waals surface area contributed by atoms with Crippen molar-refractivity contribution in [2.45, 2.75) is 92.7 Å². The number of benzene rings is 1. The first-order valence-electron chi connectivity index (χ1n) is 13.3. The Kier molecular flexibility index (Phi) is 15.5. The van der Waals surface area contributed by atoms with Crippen LogP contribution in [-0.4, -0.2) is 41.7 Å². The molecule has 0 aromatic heterocycles. The molecule has 1 aromatic carbocycles. The van der Waals surface area contributed by atoms with E-state index in [2.05, 4.69) is 26.1 Å². The second-order valence-corrected chi connectivity index (χ2v) is 8.79. The summed E-state index contributed by atoms with van der Waals surface area (Å²) in [4.78, 5) is 13.6. The number of carbonyl (C=O) groups is 1. The van der Waals surface area contributed by atoms with Crippen LogP contribution in [0, 0.1) is 16.7 Å². The maximum Gasteiger partial charge on any atom is 0.390 e. The Morgan fingerprint density at radius 3 is 2.22 bits per heavy atom. The molecule has 1 aliphatic carbocycles. The number of allylic oxidation sites excluding steroid dienone is 1. The molecular formula is C28H46F3N5O. The normalized spacial score (nSPS) is 15.9. The van der Waals surface area contributed by atoms with Gasteiger partial charge in [-0.05, 0) is 48.7 Å². The molecule has 2 rings (SSSR count). The molecule has 0 spiro atoms. The monoisotopic (exact) mass is 525 g/mol. The van der Waals surface area contributed by atoms with Crippen molar-refractivity contribution in [3.8, 4) is 0 Å². The molecule has 2 unspecified atom stereocenters. The summed E-state index contributed by atoms with van der Waals surface area (Å²) in [7, 11) is 0. The van der Waals surface area contributed by atoms with E-state index in [1.54, 1.807) is 12.1 Å². The first kappa shape index (κ1) is 34.2. The third-order valence-electron chi connectivity index (χ3n) is 6.12. The number of rotatable bonds is 8. The lowest BCUT2D eigenvalue weighted by Gasteiger charge is -2.26. The van der Waals surface area contributed by atoms with E-state index in [0.29, 0.717) is 41.5 Å². The second kappa shape index (κ2) is 16.8. The molecule has 5 N–H and O–H groups in total. The fourth-order valence-corrected chi connectivity index (χ4v) is 3.78. The Labute approximate surface area is 220 Å². The second-order valence-electron chi connectivity index (χ2n) is 8.79. The number of nitrogens with zero attached hydrogens (tertiary/aromatic N) is 1. The number of halogens is 3. The van der Waals surface area contributed by atoms with Crippen molar-refractivity contribution >= 4 is 17.6 Å². The molecule has 0 saturated carbocycles. The zero-order chi connectivity index (χ0) is 28.8. The van der Waals surface area contributed by atoms with E-state index >= 15 is 0 Å². The van der Waals surface area contributed by atoms with Gasteiger partial charge < -0.3 is 16.5 Å². The zero-order valence-corrected chi connectivity index (χ0v) is 23.5. The SMILES string of the molecule is CC.CC.CCC(C)c1ccc(C(=N)N(CCC(F)(F)F)C(=O)NCC(=N)C2=C(N)CC(C)CC2)cc1. The van der Waals surface area contributed by atoms with Crippen LogP contribution in [-0.2, 0) is 0 Å². The summed E-state index contributed by atoms with van der Waals surface area (Å²) in [5.41, 5.74) is 8.92. The van der Waals surface area contributed by atoms with Gasteiger partial charge in [-0.3, -0.25) is 10.3 Å². The summed E-state index contributed by atoms with van der Waals surface area (Å²) in [6, 6.07) is 6.10. The Morgan fingerprint density at radius 2 is 1.73 bits per heavy atom. The number of amidine groups is 1. The van der Waals surface area contributed by atoms with Crippen LogP contribution in [0.25, 0.3) is 0 Å². The molecule has 2 atom stereocenters. The summed E-state index contributed by atoms with van der Waals surface area (Å²) in [5.74, 6) is 0.429. The van der Waals surface area contributed by atoms with Gasteiger partial charge in [0.15, 0.2) is 0 Å². The summed E-state index contributed by atoms with van der Waals surface area (Å²) in [6.45, 7) is 13.4. The quantitative estimate of drug-likeness (QED) is 0.207. The van der Waals surface area contributed by atoms with Crippen LogP contribution in [0.2, 0.25) is 0 Å². The number of hydrogen-bond donors (Lipinski definition) is 4. The van der Waals surface area contributed by atoms with Gasteiger partial charge in [-0.2, -0.15) is 13.2 Å². The number of nitrogens with two attached hydrogens (primary N) is 1. The number of nitrogens with one attached hydrogen (secondary N) is 3. The average Bonchev–Trinajstić information content (AvgIpc) is 2.88. The van der Waals surface area contributed by atoms with Crippen molar-refractivity contribution in [3.63, 3.8) is 0 Å². The molecule has 1 aliphatic rings. The molecule has 0 heterocycles. The van der Waals surface area contributed by atoms with Gasteiger partial charge in [0.25, 0.3) is 0 Å². The van der Waals surface area contributed by atoms with E-state index < -0.39 is 25.2 Å². The van der Waals surface area contributed by atoms with Crippen LogP contribution in [0.1, 0.15) is 97.6 Å². The number of urea groups is 1. The van der Waals surface area contributed by atoms with Crippen molar-refractivity contribution in [3.05, 3.63) is 46.7 Å². The molecular weight excluding hydrogens is 479 g/mol. The smallest absolute Gasteiger partial charge is 0.390 e. The fraction of sp³-hybridized carbons (Fsp3) is 0.607. The van der Waals surface area contributed by atoms with Crippen LogP contribution in [0.5, 0.6) is 0 Å². The molecule has 0 saturated heterocycles. The minimum Gasteiger partial charge on any atom is -0.402 e. The Bertz CT molecular complexity index is 894. The minimum atomic E-state index is -4.47. The van der Waals surface area contributed by atoms with Gasteiger partial charge in [0.2, 0.25) is 0 Å². The van der Waals surface area contributed by atoms with E-state index in [-0.39, 0.29) is 18.1 Å². The Balaban J connectivity index is 0.00000308. The summed E-state index contributed by atoms with van der Waals surface area (Å²) >= 11 is 0. The number of carbonyl (C=O) groups excluding carboxylic acids is 1. The van der Waals surface area contributed by atoms with E-state index in [9.17, 15) is 18.0 Å². The van der Waals surface area contributed by atoms with Crippen LogP contribution in [0.15, 0.2) is 35.5 Å². The van der Waals surface area contributed by atoms with Crippen LogP contribution in [0.4, 0.5) is 18.0 Å². The van der Waals surface area contributed by atoms with Crippen molar-refractivity contribution < 1.29 is 18.0 Å². The van der Waals surface area contributed by atoms with E-state index in [1.165, 1.54) is 0 Å². The maximum atomic E-state index is 12.9. The van der Waals surface area contributed by atoms with Crippen molar-refractivity contribution in [2.24, 2.45) is 11.7 Å². The fourth-order valence-electron chi connectivity index (χ4n) is 3.78. The van der Waals surface area contributed by atoms with Gasteiger partial charge in [-0.15, -0.1) is 0 Å². The molecule has 0 radical (unpaired) electrons. The van der Waals surface area contributed by atoms with Crippen LogP contribution >= 0.6 is 0 Å². The number of alkyl halides is 3. The molecule has 0 fully saturated rings. The van der Waals surface area contributed by atoms with Gasteiger partial charge >= 0.3 is 12.2 Å². The van der Waals surface area contributed by atoms with E-state index in [0.717, 1.165) is 23.3 Å². The third kappa shape index (κ3) is 11.4. The Hall–Kier alpha value is -2.84. The zero-order valence-electron chi connectivity index (χ0n) is 23.5. The molecule has 6 nitrogen and oxygen atoms in total. The molecule has 0 bridgehead atoms.